The van der Waals surface area contributed by atoms with Crippen LogP contribution in [0.4, 0.5) is 15.8 Å². The second-order valence-corrected chi connectivity index (χ2v) is 4.78. The van der Waals surface area contributed by atoms with Crippen molar-refractivity contribution >= 4 is 50.5 Å². The van der Waals surface area contributed by atoms with E-state index in [1.165, 1.54) is 12.1 Å². The summed E-state index contributed by atoms with van der Waals surface area (Å²) in [4.78, 5) is 0. The van der Waals surface area contributed by atoms with Gasteiger partial charge in [-0.1, -0.05) is 39.1 Å². The van der Waals surface area contributed by atoms with E-state index in [1.807, 2.05) is 0 Å². The van der Waals surface area contributed by atoms with Gasteiger partial charge in [-0.2, -0.15) is 0 Å². The first kappa shape index (κ1) is 12.5. The SMILES string of the molecule is Fc1cc(Br)ccc1Nc1cc(Cl)nnc1Cl. The number of hydrogen-bond donors (Lipinski definition) is 1. The first-order chi connectivity index (χ1) is 8.06. The molecule has 0 saturated carbocycles. The van der Waals surface area contributed by atoms with Crippen molar-refractivity contribution in [3.05, 3.63) is 44.9 Å². The second-order valence-electron chi connectivity index (χ2n) is 3.12. The van der Waals surface area contributed by atoms with Crippen LogP contribution in [-0.2, 0) is 0 Å². The summed E-state index contributed by atoms with van der Waals surface area (Å²) in [6, 6.07) is 6.09. The lowest BCUT2D eigenvalue weighted by molar-refractivity contribution is 0.631. The Labute approximate surface area is 115 Å². The molecule has 0 amide bonds. The van der Waals surface area contributed by atoms with Crippen molar-refractivity contribution in [3.8, 4) is 0 Å². The van der Waals surface area contributed by atoms with Gasteiger partial charge in [-0.15, -0.1) is 10.2 Å². The van der Waals surface area contributed by atoms with E-state index in [4.69, 9.17) is 23.2 Å². The van der Waals surface area contributed by atoms with Gasteiger partial charge in [0.05, 0.1) is 11.4 Å². The molecule has 7 heteroatoms. The average Bonchev–Trinajstić information content (AvgIpc) is 2.27. The Hall–Kier alpha value is -0.910. The minimum Gasteiger partial charge on any atom is -0.350 e. The Morgan fingerprint density at radius 1 is 1.12 bits per heavy atom. The smallest absolute Gasteiger partial charge is 0.175 e. The summed E-state index contributed by atoms with van der Waals surface area (Å²) in [6.07, 6.45) is 0. The molecule has 3 nitrogen and oxygen atoms in total. The third-order valence-electron chi connectivity index (χ3n) is 1.92. The summed E-state index contributed by atoms with van der Waals surface area (Å²) in [6.45, 7) is 0. The molecule has 0 aliphatic rings. The van der Waals surface area contributed by atoms with Gasteiger partial charge in [0, 0.05) is 10.5 Å². The van der Waals surface area contributed by atoms with Crippen molar-refractivity contribution in [2.45, 2.75) is 0 Å². The number of hydrogen-bond acceptors (Lipinski definition) is 3. The van der Waals surface area contributed by atoms with Crippen LogP contribution >= 0.6 is 39.1 Å². The molecule has 0 unspecified atom stereocenters. The number of nitrogens with zero attached hydrogens (tertiary/aromatic N) is 2. The van der Waals surface area contributed by atoms with Crippen molar-refractivity contribution in [3.63, 3.8) is 0 Å². The van der Waals surface area contributed by atoms with Crippen molar-refractivity contribution in [1.82, 2.24) is 10.2 Å². The van der Waals surface area contributed by atoms with Crippen LogP contribution in [0.25, 0.3) is 0 Å². The molecule has 0 aliphatic carbocycles. The predicted molar refractivity (Wildman–Crippen MR) is 69.4 cm³/mol. The topological polar surface area (TPSA) is 37.8 Å². The molecular weight excluding hydrogens is 332 g/mol. The number of benzene rings is 1. The van der Waals surface area contributed by atoms with Gasteiger partial charge in [0.2, 0.25) is 0 Å². The Balaban J connectivity index is 2.34. The van der Waals surface area contributed by atoms with E-state index in [0.717, 1.165) is 0 Å². The molecule has 1 aromatic heterocycles. The lowest BCUT2D eigenvalue weighted by Gasteiger charge is -2.08. The maximum Gasteiger partial charge on any atom is 0.175 e. The first-order valence-electron chi connectivity index (χ1n) is 4.47. The number of rotatable bonds is 2. The fourth-order valence-electron chi connectivity index (χ4n) is 1.18. The summed E-state index contributed by atoms with van der Waals surface area (Å²) in [7, 11) is 0. The van der Waals surface area contributed by atoms with Gasteiger partial charge in [0.25, 0.3) is 0 Å². The van der Waals surface area contributed by atoms with Crippen LogP contribution in [0, 0.1) is 5.82 Å². The third-order valence-corrected chi connectivity index (χ3v) is 2.88. The molecule has 1 heterocycles. The number of halogens is 4. The van der Waals surface area contributed by atoms with Gasteiger partial charge in [-0.25, -0.2) is 4.39 Å². The van der Waals surface area contributed by atoms with Crippen LogP contribution in [0.15, 0.2) is 28.7 Å². The zero-order valence-corrected chi connectivity index (χ0v) is 11.3. The minimum atomic E-state index is -0.414. The highest BCUT2D eigenvalue weighted by molar-refractivity contribution is 9.10. The van der Waals surface area contributed by atoms with Gasteiger partial charge in [-0.3, -0.25) is 0 Å². The lowest BCUT2D eigenvalue weighted by Crippen LogP contribution is -1.97. The average molecular weight is 337 g/mol. The predicted octanol–water partition coefficient (Wildman–Crippen LogP) is 4.43. The summed E-state index contributed by atoms with van der Waals surface area (Å²) < 4.78 is 14.2. The molecule has 1 N–H and O–H groups in total. The zero-order valence-electron chi connectivity index (χ0n) is 8.22. The van der Waals surface area contributed by atoms with Crippen LogP contribution in [0.3, 0.4) is 0 Å². The summed E-state index contributed by atoms with van der Waals surface area (Å²) in [5.74, 6) is -0.414. The van der Waals surface area contributed by atoms with Crippen molar-refractivity contribution in [1.29, 1.82) is 0 Å². The third kappa shape index (κ3) is 3.06. The molecule has 0 saturated heterocycles. The van der Waals surface area contributed by atoms with E-state index in [-0.39, 0.29) is 16.0 Å². The fraction of sp³-hybridized carbons (Fsp3) is 0. The van der Waals surface area contributed by atoms with Gasteiger partial charge in [0.15, 0.2) is 10.3 Å². The number of anilines is 2. The Kier molecular flexibility index (Phi) is 3.81. The van der Waals surface area contributed by atoms with Crippen molar-refractivity contribution in [2.75, 3.05) is 5.32 Å². The lowest BCUT2D eigenvalue weighted by atomic mass is 10.3. The highest BCUT2D eigenvalue weighted by Gasteiger charge is 2.08. The summed E-state index contributed by atoms with van der Waals surface area (Å²) >= 11 is 14.6. The molecule has 2 aromatic rings. The molecule has 17 heavy (non-hydrogen) atoms. The fourth-order valence-corrected chi connectivity index (χ4v) is 1.80. The maximum absolute atomic E-state index is 13.6. The van der Waals surface area contributed by atoms with Crippen LogP contribution in [0.1, 0.15) is 0 Å². The number of nitrogens with one attached hydrogen (secondary N) is 1. The highest BCUT2D eigenvalue weighted by Crippen LogP contribution is 2.27. The normalized spacial score (nSPS) is 10.4. The van der Waals surface area contributed by atoms with E-state index >= 15 is 0 Å². The van der Waals surface area contributed by atoms with Crippen LogP contribution < -0.4 is 5.32 Å². The monoisotopic (exact) mass is 335 g/mol. The second kappa shape index (κ2) is 5.16. The largest absolute Gasteiger partial charge is 0.350 e. The van der Waals surface area contributed by atoms with E-state index in [0.29, 0.717) is 10.2 Å². The van der Waals surface area contributed by atoms with Gasteiger partial charge >= 0.3 is 0 Å². The molecule has 0 fully saturated rings. The van der Waals surface area contributed by atoms with Gasteiger partial charge in [-0.05, 0) is 18.2 Å². The van der Waals surface area contributed by atoms with Gasteiger partial charge in [0.1, 0.15) is 5.82 Å². The van der Waals surface area contributed by atoms with Crippen molar-refractivity contribution in [2.24, 2.45) is 0 Å². The summed E-state index contributed by atoms with van der Waals surface area (Å²) in [5, 5.41) is 10.3. The maximum atomic E-state index is 13.6. The van der Waals surface area contributed by atoms with E-state index in [9.17, 15) is 4.39 Å². The minimum absolute atomic E-state index is 0.122. The van der Waals surface area contributed by atoms with E-state index < -0.39 is 5.82 Å². The molecule has 88 valence electrons. The Bertz CT molecular complexity index is 565. The number of aromatic nitrogens is 2. The molecular formula is C10H5BrCl2FN3. The summed E-state index contributed by atoms with van der Waals surface area (Å²) in [5.41, 5.74) is 0.673. The molecule has 0 radical (unpaired) electrons. The zero-order chi connectivity index (χ0) is 12.4. The molecule has 0 atom stereocenters. The van der Waals surface area contributed by atoms with Crippen LogP contribution in [0.2, 0.25) is 10.3 Å². The standard InChI is InChI=1S/C10H5BrCl2FN3/c11-5-1-2-7(6(14)3-5)15-8-4-9(12)16-17-10(8)13/h1-4H,(H,15,16). The van der Waals surface area contributed by atoms with E-state index in [1.54, 1.807) is 12.1 Å². The molecule has 2 rings (SSSR count). The Morgan fingerprint density at radius 2 is 1.88 bits per heavy atom. The first-order valence-corrected chi connectivity index (χ1v) is 6.02. The quantitative estimate of drug-likeness (QED) is 0.881. The van der Waals surface area contributed by atoms with Crippen molar-refractivity contribution < 1.29 is 4.39 Å². The van der Waals surface area contributed by atoms with E-state index in [2.05, 4.69) is 31.4 Å². The van der Waals surface area contributed by atoms with Crippen LogP contribution in [0.5, 0.6) is 0 Å². The molecule has 0 bridgehead atoms. The molecule has 1 aromatic carbocycles. The molecule has 0 spiro atoms. The highest BCUT2D eigenvalue weighted by atomic mass is 79.9. The molecule has 0 aliphatic heterocycles. The Morgan fingerprint density at radius 3 is 2.59 bits per heavy atom. The van der Waals surface area contributed by atoms with Gasteiger partial charge < -0.3 is 5.32 Å². The van der Waals surface area contributed by atoms with Crippen LogP contribution in [-0.4, -0.2) is 10.2 Å².